The number of aliphatic carboxylic acids is 2. The first kappa shape index (κ1) is 26.8. The summed E-state index contributed by atoms with van der Waals surface area (Å²) in [4.78, 5) is 72.3. The van der Waals surface area contributed by atoms with Gasteiger partial charge in [0, 0.05) is 13.0 Å². The number of nitrogens with one attached hydrogen (secondary N) is 2. The van der Waals surface area contributed by atoms with E-state index in [0.717, 1.165) is 0 Å². The molecule has 4 atom stereocenters. The molecule has 13 heteroatoms. The number of carboxylic acid groups (broad SMARTS) is 2. The number of hydrogen-bond acceptors (Lipinski definition) is 7. The van der Waals surface area contributed by atoms with Gasteiger partial charge in [0.05, 0.1) is 12.5 Å². The highest BCUT2D eigenvalue weighted by Crippen LogP contribution is 2.20. The van der Waals surface area contributed by atoms with Gasteiger partial charge in [-0.05, 0) is 25.2 Å². The van der Waals surface area contributed by atoms with Gasteiger partial charge in [-0.2, -0.15) is 0 Å². The highest BCUT2D eigenvalue weighted by molar-refractivity contribution is 5.95. The fraction of sp³-hybridized carbons (Fsp3) is 0.684. The third-order valence-corrected chi connectivity index (χ3v) is 5.10. The van der Waals surface area contributed by atoms with Crippen LogP contribution in [0.1, 0.15) is 46.0 Å². The van der Waals surface area contributed by atoms with Gasteiger partial charge in [-0.1, -0.05) is 13.8 Å². The lowest BCUT2D eigenvalue weighted by Gasteiger charge is -2.29. The summed E-state index contributed by atoms with van der Waals surface area (Å²) in [5.74, 6) is -5.96. The summed E-state index contributed by atoms with van der Waals surface area (Å²) in [5, 5.41) is 22.6. The fourth-order valence-electron chi connectivity index (χ4n) is 3.36. The predicted molar refractivity (Wildman–Crippen MR) is 110 cm³/mol. The summed E-state index contributed by atoms with van der Waals surface area (Å²) < 4.78 is 0. The van der Waals surface area contributed by atoms with Crippen LogP contribution in [0.4, 0.5) is 0 Å². The van der Waals surface area contributed by atoms with Crippen LogP contribution in [-0.2, 0) is 28.8 Å². The monoisotopic (exact) mass is 457 g/mol. The van der Waals surface area contributed by atoms with E-state index in [1.54, 1.807) is 13.8 Å². The Morgan fingerprint density at radius 3 is 2.22 bits per heavy atom. The molecule has 0 aromatic rings. The number of carbonyl (C=O) groups is 6. The second kappa shape index (κ2) is 12.0. The molecule has 0 spiro atoms. The Balaban J connectivity index is 2.86. The Bertz CT molecular complexity index is 756. The lowest BCUT2D eigenvalue weighted by molar-refractivity contribution is -0.147. The molecule has 32 heavy (non-hydrogen) atoms. The molecule has 1 fully saturated rings. The van der Waals surface area contributed by atoms with Crippen LogP contribution >= 0.6 is 0 Å². The number of amides is 4. The van der Waals surface area contributed by atoms with Crippen molar-refractivity contribution < 1.29 is 39.0 Å². The maximum atomic E-state index is 12.9. The van der Waals surface area contributed by atoms with Gasteiger partial charge in [-0.3, -0.25) is 24.0 Å². The average Bonchev–Trinajstić information content (AvgIpc) is 3.17. The van der Waals surface area contributed by atoms with E-state index in [1.807, 2.05) is 0 Å². The third kappa shape index (κ3) is 7.80. The highest BCUT2D eigenvalue weighted by atomic mass is 16.4. The Kier molecular flexibility index (Phi) is 10.0. The second-order valence-corrected chi connectivity index (χ2v) is 8.03. The number of nitrogens with zero attached hydrogens (tertiary/aromatic N) is 1. The van der Waals surface area contributed by atoms with Crippen molar-refractivity contribution in [3.8, 4) is 0 Å². The number of likely N-dealkylation sites (tertiary alicyclic amines) is 1. The number of rotatable bonds is 12. The molecule has 1 aliphatic heterocycles. The molecule has 0 aromatic carbocycles. The van der Waals surface area contributed by atoms with Crippen molar-refractivity contribution in [2.24, 2.45) is 17.4 Å². The van der Waals surface area contributed by atoms with E-state index in [2.05, 4.69) is 10.6 Å². The van der Waals surface area contributed by atoms with Crippen LogP contribution in [0.25, 0.3) is 0 Å². The predicted octanol–water partition coefficient (Wildman–Crippen LogP) is -2.24. The summed E-state index contributed by atoms with van der Waals surface area (Å²) in [6.07, 6.45) is 0.00628. The van der Waals surface area contributed by atoms with Gasteiger partial charge < -0.3 is 37.2 Å². The van der Waals surface area contributed by atoms with E-state index in [1.165, 1.54) is 4.90 Å². The van der Waals surface area contributed by atoms with E-state index >= 15 is 0 Å². The van der Waals surface area contributed by atoms with E-state index in [4.69, 9.17) is 21.7 Å². The molecular formula is C19H31N5O8. The Hall–Kier alpha value is -3.22. The van der Waals surface area contributed by atoms with Crippen molar-refractivity contribution in [2.45, 2.75) is 70.1 Å². The molecule has 1 heterocycles. The lowest BCUT2D eigenvalue weighted by atomic mass is 10.0. The van der Waals surface area contributed by atoms with Gasteiger partial charge in [-0.15, -0.1) is 0 Å². The number of carboxylic acids is 2. The van der Waals surface area contributed by atoms with Gasteiger partial charge in [-0.25, -0.2) is 4.79 Å². The minimum atomic E-state index is -1.66. The maximum absolute atomic E-state index is 12.9. The van der Waals surface area contributed by atoms with Crippen molar-refractivity contribution in [1.29, 1.82) is 0 Å². The van der Waals surface area contributed by atoms with Gasteiger partial charge in [0.2, 0.25) is 23.6 Å². The summed E-state index contributed by atoms with van der Waals surface area (Å²) in [6, 6.07) is -4.71. The molecule has 0 saturated carbocycles. The molecule has 8 N–H and O–H groups in total. The van der Waals surface area contributed by atoms with Crippen LogP contribution in [0.5, 0.6) is 0 Å². The SMILES string of the molecule is CC(C)C(NC(=O)C1CCCN1C(=O)C(N)CCC(N)=O)C(=O)NC(CC(=O)O)C(=O)O. The van der Waals surface area contributed by atoms with Gasteiger partial charge in [0.1, 0.15) is 18.1 Å². The van der Waals surface area contributed by atoms with Gasteiger partial charge >= 0.3 is 11.9 Å². The molecule has 1 rings (SSSR count). The molecule has 4 amide bonds. The number of hydrogen-bond donors (Lipinski definition) is 6. The van der Waals surface area contributed by atoms with Gasteiger partial charge in [0.25, 0.3) is 0 Å². The van der Waals surface area contributed by atoms with Crippen molar-refractivity contribution in [3.05, 3.63) is 0 Å². The summed E-state index contributed by atoms with van der Waals surface area (Å²) >= 11 is 0. The summed E-state index contributed by atoms with van der Waals surface area (Å²) in [5.41, 5.74) is 10.9. The van der Waals surface area contributed by atoms with Crippen LogP contribution < -0.4 is 22.1 Å². The minimum Gasteiger partial charge on any atom is -0.481 e. The first-order chi connectivity index (χ1) is 14.8. The van der Waals surface area contributed by atoms with E-state index < -0.39 is 72.1 Å². The first-order valence-electron chi connectivity index (χ1n) is 10.2. The Morgan fingerprint density at radius 2 is 1.72 bits per heavy atom. The Labute approximate surface area is 184 Å². The lowest BCUT2D eigenvalue weighted by Crippen LogP contribution is -2.58. The summed E-state index contributed by atoms with van der Waals surface area (Å²) in [6.45, 7) is 3.52. The van der Waals surface area contributed by atoms with Crippen LogP contribution in [-0.4, -0.2) is 81.4 Å². The molecule has 0 bridgehead atoms. The zero-order valence-corrected chi connectivity index (χ0v) is 18.1. The number of nitrogens with two attached hydrogens (primary N) is 2. The van der Waals surface area contributed by atoms with E-state index in [9.17, 15) is 28.8 Å². The topological polar surface area (TPSA) is 222 Å². The van der Waals surface area contributed by atoms with E-state index in [-0.39, 0.29) is 19.4 Å². The van der Waals surface area contributed by atoms with Crippen LogP contribution in [0.15, 0.2) is 0 Å². The van der Waals surface area contributed by atoms with E-state index in [0.29, 0.717) is 12.8 Å². The van der Waals surface area contributed by atoms with Crippen LogP contribution in [0.2, 0.25) is 0 Å². The molecule has 0 aromatic heterocycles. The van der Waals surface area contributed by atoms with Crippen molar-refractivity contribution in [2.75, 3.05) is 6.54 Å². The van der Waals surface area contributed by atoms with Crippen LogP contribution in [0, 0.1) is 5.92 Å². The molecular weight excluding hydrogens is 426 g/mol. The minimum absolute atomic E-state index is 0.0379. The summed E-state index contributed by atoms with van der Waals surface area (Å²) in [7, 11) is 0. The maximum Gasteiger partial charge on any atom is 0.326 e. The fourth-order valence-corrected chi connectivity index (χ4v) is 3.36. The van der Waals surface area contributed by atoms with Crippen molar-refractivity contribution in [3.63, 3.8) is 0 Å². The molecule has 0 aliphatic carbocycles. The zero-order valence-electron chi connectivity index (χ0n) is 18.1. The molecule has 1 saturated heterocycles. The third-order valence-electron chi connectivity index (χ3n) is 5.10. The first-order valence-corrected chi connectivity index (χ1v) is 10.2. The second-order valence-electron chi connectivity index (χ2n) is 8.03. The average molecular weight is 457 g/mol. The Morgan fingerprint density at radius 1 is 1.09 bits per heavy atom. The van der Waals surface area contributed by atoms with Crippen molar-refractivity contribution >= 4 is 35.6 Å². The van der Waals surface area contributed by atoms with Crippen LogP contribution in [0.3, 0.4) is 0 Å². The quantitative estimate of drug-likeness (QED) is 0.186. The smallest absolute Gasteiger partial charge is 0.326 e. The molecule has 13 nitrogen and oxygen atoms in total. The van der Waals surface area contributed by atoms with Gasteiger partial charge in [0.15, 0.2) is 0 Å². The zero-order chi connectivity index (χ0) is 24.6. The largest absolute Gasteiger partial charge is 0.481 e. The standard InChI is InChI=1S/C19H31N5O8/c1-9(2)15(17(29)22-11(19(31)32)8-14(26)27)23-16(28)12-4-3-7-24(12)18(30)10(20)5-6-13(21)25/h9-12,15H,3-8,20H2,1-2H3,(H2,21,25)(H,22,29)(H,23,28)(H,26,27)(H,31,32). The normalized spacial score (nSPS) is 18.5. The number of carbonyl (C=O) groups excluding carboxylic acids is 4. The number of primary amides is 1. The van der Waals surface area contributed by atoms with Crippen molar-refractivity contribution in [1.82, 2.24) is 15.5 Å². The molecule has 0 radical (unpaired) electrons. The molecule has 180 valence electrons. The molecule has 4 unspecified atom stereocenters. The molecule has 1 aliphatic rings. The highest BCUT2D eigenvalue weighted by Gasteiger charge is 2.38.